The summed E-state index contributed by atoms with van der Waals surface area (Å²) in [6.45, 7) is 4.53. The van der Waals surface area contributed by atoms with Crippen LogP contribution in [0.2, 0.25) is 0 Å². The SMILES string of the molecule is CCCCC(=O)OCC(CC)SCCCCCCC(F)(F)F. The molecule has 0 rings (SSSR count). The van der Waals surface area contributed by atoms with Gasteiger partial charge < -0.3 is 4.74 Å². The van der Waals surface area contributed by atoms with Gasteiger partial charge in [0.1, 0.15) is 6.61 Å². The monoisotopic (exact) mass is 342 g/mol. The van der Waals surface area contributed by atoms with Crippen LogP contribution in [0.5, 0.6) is 0 Å². The molecule has 0 aromatic rings. The van der Waals surface area contributed by atoms with Crippen molar-refractivity contribution in [2.45, 2.75) is 83.1 Å². The van der Waals surface area contributed by atoms with E-state index in [0.29, 0.717) is 24.7 Å². The first-order chi connectivity index (χ1) is 10.4. The molecule has 1 unspecified atom stereocenters. The number of rotatable bonds is 13. The first-order valence-corrected chi connectivity index (χ1v) is 9.27. The van der Waals surface area contributed by atoms with Crippen LogP contribution in [0, 0.1) is 0 Å². The molecule has 0 N–H and O–H groups in total. The van der Waals surface area contributed by atoms with Gasteiger partial charge in [0, 0.05) is 18.1 Å². The number of halogens is 3. The zero-order valence-corrected chi connectivity index (χ0v) is 14.5. The summed E-state index contributed by atoms with van der Waals surface area (Å²) in [5.41, 5.74) is 0. The molecule has 0 amide bonds. The summed E-state index contributed by atoms with van der Waals surface area (Å²) >= 11 is 1.75. The number of hydrogen-bond donors (Lipinski definition) is 0. The second-order valence-electron chi connectivity index (χ2n) is 5.47. The minimum Gasteiger partial charge on any atom is -0.464 e. The number of esters is 1. The van der Waals surface area contributed by atoms with Gasteiger partial charge in [-0.25, -0.2) is 0 Å². The molecular formula is C16H29F3O2S. The lowest BCUT2D eigenvalue weighted by atomic mass is 10.1. The average molecular weight is 342 g/mol. The van der Waals surface area contributed by atoms with E-state index >= 15 is 0 Å². The van der Waals surface area contributed by atoms with Crippen LogP contribution in [0.4, 0.5) is 13.2 Å². The van der Waals surface area contributed by atoms with Gasteiger partial charge in [0.15, 0.2) is 0 Å². The molecular weight excluding hydrogens is 313 g/mol. The van der Waals surface area contributed by atoms with Crippen molar-refractivity contribution in [2.75, 3.05) is 12.4 Å². The number of alkyl halides is 3. The first kappa shape index (κ1) is 21.6. The summed E-state index contributed by atoms with van der Waals surface area (Å²) in [6, 6.07) is 0. The second kappa shape index (κ2) is 13.1. The van der Waals surface area contributed by atoms with Crippen molar-refractivity contribution in [3.63, 3.8) is 0 Å². The van der Waals surface area contributed by atoms with Crippen LogP contribution in [0.25, 0.3) is 0 Å². The molecule has 0 aliphatic carbocycles. The normalized spacial score (nSPS) is 13.1. The number of carbonyl (C=O) groups is 1. The zero-order chi connectivity index (χ0) is 16.8. The van der Waals surface area contributed by atoms with E-state index < -0.39 is 12.6 Å². The van der Waals surface area contributed by atoms with E-state index in [1.807, 2.05) is 6.92 Å². The minimum atomic E-state index is -4.02. The topological polar surface area (TPSA) is 26.3 Å². The lowest BCUT2D eigenvalue weighted by molar-refractivity contribution is -0.143. The number of thioether (sulfide) groups is 1. The van der Waals surface area contributed by atoms with Crippen LogP contribution >= 0.6 is 11.8 Å². The van der Waals surface area contributed by atoms with Crippen LogP contribution in [-0.4, -0.2) is 29.8 Å². The van der Waals surface area contributed by atoms with Crippen molar-refractivity contribution in [2.24, 2.45) is 0 Å². The summed E-state index contributed by atoms with van der Waals surface area (Å²) in [6.07, 6.45) is 1.16. The summed E-state index contributed by atoms with van der Waals surface area (Å²) in [7, 11) is 0. The van der Waals surface area contributed by atoms with Crippen molar-refractivity contribution in [3.8, 4) is 0 Å². The molecule has 0 aromatic carbocycles. The Morgan fingerprint density at radius 3 is 2.36 bits per heavy atom. The Morgan fingerprint density at radius 1 is 1.09 bits per heavy atom. The van der Waals surface area contributed by atoms with Crippen molar-refractivity contribution in [3.05, 3.63) is 0 Å². The number of ether oxygens (including phenoxy) is 1. The Labute approximate surface area is 136 Å². The summed E-state index contributed by atoms with van der Waals surface area (Å²) < 4.78 is 41.1. The summed E-state index contributed by atoms with van der Waals surface area (Å²) in [4.78, 5) is 11.4. The molecule has 0 fully saturated rings. The van der Waals surface area contributed by atoms with Crippen molar-refractivity contribution >= 4 is 17.7 Å². The molecule has 0 aliphatic rings. The fraction of sp³-hybridized carbons (Fsp3) is 0.938. The van der Waals surface area contributed by atoms with Crippen LogP contribution in [0.1, 0.15) is 71.6 Å². The van der Waals surface area contributed by atoms with Crippen LogP contribution in [0.3, 0.4) is 0 Å². The fourth-order valence-corrected chi connectivity index (χ4v) is 3.00. The van der Waals surface area contributed by atoms with Crippen molar-refractivity contribution < 1.29 is 22.7 Å². The highest BCUT2D eigenvalue weighted by atomic mass is 32.2. The molecule has 1 atom stereocenters. The van der Waals surface area contributed by atoms with Crippen molar-refractivity contribution in [1.82, 2.24) is 0 Å². The lowest BCUT2D eigenvalue weighted by Gasteiger charge is -2.14. The highest BCUT2D eigenvalue weighted by Crippen LogP contribution is 2.23. The number of hydrogen-bond acceptors (Lipinski definition) is 3. The van der Waals surface area contributed by atoms with Gasteiger partial charge in [0.25, 0.3) is 0 Å². The quantitative estimate of drug-likeness (QED) is 0.315. The van der Waals surface area contributed by atoms with E-state index in [1.165, 1.54) is 0 Å². The van der Waals surface area contributed by atoms with E-state index in [-0.39, 0.29) is 12.4 Å². The van der Waals surface area contributed by atoms with Gasteiger partial charge in [0.05, 0.1) is 0 Å². The van der Waals surface area contributed by atoms with E-state index in [4.69, 9.17) is 4.74 Å². The van der Waals surface area contributed by atoms with E-state index in [9.17, 15) is 18.0 Å². The molecule has 0 saturated carbocycles. The molecule has 132 valence electrons. The van der Waals surface area contributed by atoms with Gasteiger partial charge in [-0.1, -0.05) is 33.1 Å². The molecule has 2 nitrogen and oxygen atoms in total. The number of carbonyl (C=O) groups excluding carboxylic acids is 1. The highest BCUT2D eigenvalue weighted by Gasteiger charge is 2.25. The van der Waals surface area contributed by atoms with Crippen LogP contribution < -0.4 is 0 Å². The molecule has 0 bridgehead atoms. The molecule has 0 spiro atoms. The largest absolute Gasteiger partial charge is 0.464 e. The average Bonchev–Trinajstić information content (AvgIpc) is 2.46. The molecule has 0 heterocycles. The van der Waals surface area contributed by atoms with Gasteiger partial charge in [-0.05, 0) is 31.4 Å². The molecule has 0 saturated heterocycles. The Hall–Kier alpha value is -0.390. The molecule has 22 heavy (non-hydrogen) atoms. The third-order valence-electron chi connectivity index (χ3n) is 3.33. The predicted molar refractivity (Wildman–Crippen MR) is 86.2 cm³/mol. The maximum absolute atomic E-state index is 12.0. The smallest absolute Gasteiger partial charge is 0.389 e. The van der Waals surface area contributed by atoms with Crippen LogP contribution in [0.15, 0.2) is 0 Å². The predicted octanol–water partition coefficient (Wildman–Crippen LogP) is 5.74. The van der Waals surface area contributed by atoms with E-state index in [1.54, 1.807) is 11.8 Å². The third kappa shape index (κ3) is 14.5. The maximum atomic E-state index is 12.0. The molecule has 0 radical (unpaired) electrons. The lowest BCUT2D eigenvalue weighted by Crippen LogP contribution is -2.16. The number of unbranched alkanes of at least 4 members (excludes halogenated alkanes) is 4. The molecule has 0 aromatic heterocycles. The first-order valence-electron chi connectivity index (χ1n) is 8.23. The minimum absolute atomic E-state index is 0.131. The second-order valence-corrected chi connectivity index (χ2v) is 6.88. The Kier molecular flexibility index (Phi) is 12.9. The fourth-order valence-electron chi connectivity index (χ4n) is 1.89. The summed E-state index contributed by atoms with van der Waals surface area (Å²) in [5.74, 6) is 0.782. The Balaban J connectivity index is 3.55. The Morgan fingerprint density at radius 2 is 1.77 bits per heavy atom. The van der Waals surface area contributed by atoms with Gasteiger partial charge in [0.2, 0.25) is 0 Å². The van der Waals surface area contributed by atoms with E-state index in [0.717, 1.165) is 37.9 Å². The third-order valence-corrected chi connectivity index (χ3v) is 4.79. The highest BCUT2D eigenvalue weighted by molar-refractivity contribution is 7.99. The van der Waals surface area contributed by atoms with Crippen molar-refractivity contribution in [1.29, 1.82) is 0 Å². The Bertz CT molecular complexity index is 283. The zero-order valence-electron chi connectivity index (χ0n) is 13.7. The van der Waals surface area contributed by atoms with Gasteiger partial charge >= 0.3 is 12.1 Å². The van der Waals surface area contributed by atoms with Crippen LogP contribution in [-0.2, 0) is 9.53 Å². The summed E-state index contributed by atoms with van der Waals surface area (Å²) in [5, 5.41) is 0.292. The van der Waals surface area contributed by atoms with Gasteiger partial charge in [-0.3, -0.25) is 4.79 Å². The standard InChI is InChI=1S/C16H29F3O2S/c1-3-5-10-15(20)21-13-14(4-2)22-12-9-7-6-8-11-16(17,18)19/h14H,3-13H2,1-2H3. The molecule has 0 aliphatic heterocycles. The molecule has 6 heteroatoms. The van der Waals surface area contributed by atoms with E-state index in [2.05, 4.69) is 6.92 Å². The van der Waals surface area contributed by atoms with Gasteiger partial charge in [-0.15, -0.1) is 0 Å². The van der Waals surface area contributed by atoms with Gasteiger partial charge in [-0.2, -0.15) is 24.9 Å². The maximum Gasteiger partial charge on any atom is 0.389 e.